The number of amides is 1. The van der Waals surface area contributed by atoms with Crippen LogP contribution in [-0.4, -0.2) is 23.0 Å². The molecule has 0 spiro atoms. The predicted molar refractivity (Wildman–Crippen MR) is 64.3 cm³/mol. The third kappa shape index (κ3) is 3.28. The highest BCUT2D eigenvalue weighted by Gasteiger charge is 2.25. The first-order chi connectivity index (χ1) is 7.65. The zero-order valence-corrected chi connectivity index (χ0v) is 10.4. The third-order valence-electron chi connectivity index (χ3n) is 2.57. The van der Waals surface area contributed by atoms with E-state index < -0.39 is 0 Å². The van der Waals surface area contributed by atoms with E-state index in [-0.39, 0.29) is 11.9 Å². The Morgan fingerprint density at radius 2 is 2.44 bits per heavy atom. The Bertz CT molecular complexity index is 373. The smallest absolute Gasteiger partial charge is 0.237 e. The second-order valence-corrected chi connectivity index (χ2v) is 5.31. The highest BCUT2D eigenvalue weighted by atomic mass is 32.1. The van der Waals surface area contributed by atoms with Gasteiger partial charge in [0, 0.05) is 18.0 Å². The lowest BCUT2D eigenvalue weighted by Crippen LogP contribution is -2.42. The van der Waals surface area contributed by atoms with Crippen molar-refractivity contribution in [3.8, 4) is 0 Å². The molecular formula is C11H17N3OS. The van der Waals surface area contributed by atoms with Crippen molar-refractivity contribution in [2.45, 2.75) is 45.3 Å². The number of aromatic nitrogens is 1. The van der Waals surface area contributed by atoms with Gasteiger partial charge in [0.1, 0.15) is 0 Å². The molecule has 1 aromatic rings. The molecule has 2 N–H and O–H groups in total. The van der Waals surface area contributed by atoms with Crippen molar-refractivity contribution in [1.82, 2.24) is 15.6 Å². The van der Waals surface area contributed by atoms with Gasteiger partial charge in [-0.15, -0.1) is 11.3 Å². The summed E-state index contributed by atoms with van der Waals surface area (Å²) in [5, 5.41) is 9.24. The molecule has 2 rings (SSSR count). The Kier molecular flexibility index (Phi) is 3.56. The molecule has 88 valence electrons. The van der Waals surface area contributed by atoms with Crippen molar-refractivity contribution in [1.29, 1.82) is 0 Å². The summed E-state index contributed by atoms with van der Waals surface area (Å²) in [5.74, 6) is 0.0921. The van der Waals surface area contributed by atoms with Gasteiger partial charge in [-0.2, -0.15) is 0 Å². The van der Waals surface area contributed by atoms with Crippen LogP contribution in [0.25, 0.3) is 0 Å². The monoisotopic (exact) mass is 239 g/mol. The molecule has 0 bridgehead atoms. The van der Waals surface area contributed by atoms with Crippen molar-refractivity contribution < 1.29 is 4.79 Å². The minimum atomic E-state index is -0.150. The fourth-order valence-electron chi connectivity index (χ4n) is 1.39. The molecule has 5 heteroatoms. The molecule has 0 aliphatic heterocycles. The molecule has 1 saturated carbocycles. The zero-order chi connectivity index (χ0) is 11.5. The number of nitrogens with zero attached hydrogens (tertiary/aromatic N) is 1. The van der Waals surface area contributed by atoms with E-state index in [1.165, 1.54) is 0 Å². The van der Waals surface area contributed by atoms with E-state index in [9.17, 15) is 4.79 Å². The molecule has 1 amide bonds. The Morgan fingerprint density at radius 3 is 3.00 bits per heavy atom. The Balaban J connectivity index is 1.73. The van der Waals surface area contributed by atoms with Gasteiger partial charge < -0.3 is 10.6 Å². The molecule has 1 heterocycles. The van der Waals surface area contributed by atoms with Gasteiger partial charge in [0.05, 0.1) is 16.7 Å². The van der Waals surface area contributed by atoms with Crippen LogP contribution in [0.15, 0.2) is 5.38 Å². The van der Waals surface area contributed by atoms with Crippen LogP contribution in [0.2, 0.25) is 0 Å². The van der Waals surface area contributed by atoms with Crippen LogP contribution in [0, 0.1) is 6.92 Å². The van der Waals surface area contributed by atoms with Gasteiger partial charge in [-0.05, 0) is 26.7 Å². The molecule has 1 unspecified atom stereocenters. The van der Waals surface area contributed by atoms with Crippen molar-refractivity contribution in [2.75, 3.05) is 0 Å². The van der Waals surface area contributed by atoms with Gasteiger partial charge >= 0.3 is 0 Å². The highest BCUT2D eigenvalue weighted by molar-refractivity contribution is 7.09. The molecule has 1 aromatic heterocycles. The number of carbonyl (C=O) groups is 1. The normalized spacial score (nSPS) is 17.1. The largest absolute Gasteiger partial charge is 0.352 e. The molecule has 0 aromatic carbocycles. The van der Waals surface area contributed by atoms with Crippen LogP contribution in [0.5, 0.6) is 0 Å². The molecule has 1 atom stereocenters. The molecular weight excluding hydrogens is 222 g/mol. The third-order valence-corrected chi connectivity index (χ3v) is 3.40. The van der Waals surface area contributed by atoms with Gasteiger partial charge in [-0.3, -0.25) is 4.79 Å². The second kappa shape index (κ2) is 4.93. The van der Waals surface area contributed by atoms with E-state index in [0.717, 1.165) is 23.5 Å². The summed E-state index contributed by atoms with van der Waals surface area (Å²) in [5.41, 5.74) is 1.01. The van der Waals surface area contributed by atoms with Crippen LogP contribution < -0.4 is 10.6 Å². The number of rotatable bonds is 5. The quantitative estimate of drug-likeness (QED) is 0.812. The van der Waals surface area contributed by atoms with Gasteiger partial charge in [-0.1, -0.05) is 0 Å². The van der Waals surface area contributed by atoms with Gasteiger partial charge in [-0.25, -0.2) is 4.98 Å². The highest BCUT2D eigenvalue weighted by Crippen LogP contribution is 2.18. The number of hydrogen-bond donors (Lipinski definition) is 2. The van der Waals surface area contributed by atoms with E-state index in [1.54, 1.807) is 11.3 Å². The first-order valence-corrected chi connectivity index (χ1v) is 6.48. The average Bonchev–Trinajstić information content (AvgIpc) is 2.96. The zero-order valence-electron chi connectivity index (χ0n) is 9.62. The predicted octanol–water partition coefficient (Wildman–Crippen LogP) is 1.21. The van der Waals surface area contributed by atoms with E-state index in [0.29, 0.717) is 12.6 Å². The van der Waals surface area contributed by atoms with Crippen LogP contribution in [0.4, 0.5) is 0 Å². The average molecular weight is 239 g/mol. The maximum atomic E-state index is 11.6. The van der Waals surface area contributed by atoms with Crippen molar-refractivity contribution in [3.05, 3.63) is 16.1 Å². The summed E-state index contributed by atoms with van der Waals surface area (Å²) < 4.78 is 0. The van der Waals surface area contributed by atoms with E-state index in [2.05, 4.69) is 15.6 Å². The number of thiazole rings is 1. The summed E-state index contributed by atoms with van der Waals surface area (Å²) in [4.78, 5) is 16.0. The molecule has 0 saturated heterocycles. The first kappa shape index (κ1) is 11.5. The molecule has 1 aliphatic rings. The fourth-order valence-corrected chi connectivity index (χ4v) is 2.01. The lowest BCUT2D eigenvalue weighted by Gasteiger charge is -2.12. The van der Waals surface area contributed by atoms with Crippen molar-refractivity contribution in [3.63, 3.8) is 0 Å². The Labute approximate surface area is 99.5 Å². The summed E-state index contributed by atoms with van der Waals surface area (Å²) >= 11 is 1.63. The Morgan fingerprint density at radius 1 is 1.69 bits per heavy atom. The SMILES string of the molecule is Cc1nc(CNC(C)C(=O)NC2CC2)cs1. The first-order valence-electron chi connectivity index (χ1n) is 5.60. The van der Waals surface area contributed by atoms with Crippen LogP contribution >= 0.6 is 11.3 Å². The minimum absolute atomic E-state index is 0.0921. The summed E-state index contributed by atoms with van der Waals surface area (Å²) in [6.45, 7) is 4.53. The fraction of sp³-hybridized carbons (Fsp3) is 0.636. The van der Waals surface area contributed by atoms with E-state index in [4.69, 9.17) is 0 Å². The lowest BCUT2D eigenvalue weighted by molar-refractivity contribution is -0.122. The van der Waals surface area contributed by atoms with Gasteiger partial charge in [0.25, 0.3) is 0 Å². The number of nitrogens with one attached hydrogen (secondary N) is 2. The number of aryl methyl sites for hydroxylation is 1. The van der Waals surface area contributed by atoms with Crippen LogP contribution in [-0.2, 0) is 11.3 Å². The van der Waals surface area contributed by atoms with Crippen LogP contribution in [0.3, 0.4) is 0 Å². The summed E-state index contributed by atoms with van der Waals surface area (Å²) in [7, 11) is 0. The number of hydrogen-bond acceptors (Lipinski definition) is 4. The summed E-state index contributed by atoms with van der Waals surface area (Å²) in [6.07, 6.45) is 2.26. The van der Waals surface area contributed by atoms with E-state index in [1.807, 2.05) is 19.2 Å². The maximum absolute atomic E-state index is 11.6. The molecule has 1 fully saturated rings. The topological polar surface area (TPSA) is 54.0 Å². The lowest BCUT2D eigenvalue weighted by atomic mass is 10.3. The van der Waals surface area contributed by atoms with Crippen LogP contribution in [0.1, 0.15) is 30.5 Å². The molecule has 1 aliphatic carbocycles. The summed E-state index contributed by atoms with van der Waals surface area (Å²) in [6, 6.07) is 0.279. The second-order valence-electron chi connectivity index (χ2n) is 4.24. The standard InChI is InChI=1S/C11H17N3OS/c1-7(11(15)14-9-3-4-9)12-5-10-6-16-8(2)13-10/h6-7,9,12H,3-5H2,1-2H3,(H,14,15). The molecule has 4 nitrogen and oxygen atoms in total. The molecule has 16 heavy (non-hydrogen) atoms. The minimum Gasteiger partial charge on any atom is -0.352 e. The molecule has 0 radical (unpaired) electrons. The maximum Gasteiger partial charge on any atom is 0.237 e. The van der Waals surface area contributed by atoms with Crippen molar-refractivity contribution in [2.24, 2.45) is 0 Å². The van der Waals surface area contributed by atoms with Gasteiger partial charge in [0.15, 0.2) is 0 Å². The van der Waals surface area contributed by atoms with E-state index >= 15 is 0 Å². The van der Waals surface area contributed by atoms with Gasteiger partial charge in [0.2, 0.25) is 5.91 Å². The Hall–Kier alpha value is -0.940. The number of carbonyl (C=O) groups excluding carboxylic acids is 1. The van der Waals surface area contributed by atoms with Crippen molar-refractivity contribution >= 4 is 17.2 Å².